The number of aromatic nitrogens is 2. The van der Waals surface area contributed by atoms with Gasteiger partial charge in [-0.2, -0.15) is 0 Å². The highest BCUT2D eigenvalue weighted by Crippen LogP contribution is 2.20. The van der Waals surface area contributed by atoms with Crippen LogP contribution in [0.1, 0.15) is 37.4 Å². The summed E-state index contributed by atoms with van der Waals surface area (Å²) < 4.78 is 0. The quantitative estimate of drug-likeness (QED) is 0.841. The Morgan fingerprint density at radius 3 is 2.84 bits per heavy atom. The summed E-state index contributed by atoms with van der Waals surface area (Å²) in [7, 11) is 0. The zero-order valence-corrected chi connectivity index (χ0v) is 11.8. The molecule has 2 heterocycles. The molecule has 1 aromatic heterocycles. The maximum Gasteiger partial charge on any atom is 0.225 e. The standard InChI is InChI=1S/C15H22N4/c1-11-5-7-19(8-6-11)15-17-10-13(12(2)18-15)9-16-14-3-4-14/h5,10,14,16H,3-4,6-9H2,1-2H3. The van der Waals surface area contributed by atoms with Gasteiger partial charge in [0.15, 0.2) is 0 Å². The largest absolute Gasteiger partial charge is 0.337 e. The van der Waals surface area contributed by atoms with Gasteiger partial charge in [0.1, 0.15) is 0 Å². The van der Waals surface area contributed by atoms with Crippen molar-refractivity contribution in [2.45, 2.75) is 45.7 Å². The van der Waals surface area contributed by atoms with E-state index in [1.807, 2.05) is 6.20 Å². The van der Waals surface area contributed by atoms with Crippen LogP contribution in [0.2, 0.25) is 0 Å². The van der Waals surface area contributed by atoms with Crippen LogP contribution in [0.25, 0.3) is 0 Å². The van der Waals surface area contributed by atoms with Gasteiger partial charge >= 0.3 is 0 Å². The van der Waals surface area contributed by atoms with Crippen molar-refractivity contribution in [3.8, 4) is 0 Å². The molecule has 0 atom stereocenters. The van der Waals surface area contributed by atoms with Crippen molar-refractivity contribution in [3.63, 3.8) is 0 Å². The lowest BCUT2D eigenvalue weighted by molar-refractivity contribution is 0.676. The average molecular weight is 258 g/mol. The van der Waals surface area contributed by atoms with Crippen molar-refractivity contribution in [2.75, 3.05) is 18.0 Å². The summed E-state index contributed by atoms with van der Waals surface area (Å²) in [5, 5.41) is 3.52. The van der Waals surface area contributed by atoms with Gasteiger partial charge in [-0.1, -0.05) is 11.6 Å². The number of nitrogens with zero attached hydrogens (tertiary/aromatic N) is 3. The van der Waals surface area contributed by atoms with E-state index in [2.05, 4.69) is 40.1 Å². The van der Waals surface area contributed by atoms with Crippen molar-refractivity contribution in [1.29, 1.82) is 0 Å². The first-order chi connectivity index (χ1) is 9.22. The van der Waals surface area contributed by atoms with Gasteiger partial charge in [0, 0.05) is 43.1 Å². The molecule has 0 bridgehead atoms. The van der Waals surface area contributed by atoms with E-state index in [1.54, 1.807) is 0 Å². The Bertz CT molecular complexity index is 491. The lowest BCUT2D eigenvalue weighted by atomic mass is 10.1. The molecule has 1 saturated carbocycles. The molecule has 102 valence electrons. The van der Waals surface area contributed by atoms with Crippen LogP contribution in [0, 0.1) is 6.92 Å². The Kier molecular flexibility index (Phi) is 3.51. The summed E-state index contributed by atoms with van der Waals surface area (Å²) in [6, 6.07) is 0.731. The van der Waals surface area contributed by atoms with E-state index in [0.29, 0.717) is 0 Å². The van der Waals surface area contributed by atoms with Gasteiger partial charge in [-0.15, -0.1) is 0 Å². The van der Waals surface area contributed by atoms with Gasteiger partial charge in [-0.05, 0) is 33.1 Å². The molecule has 4 nitrogen and oxygen atoms in total. The Hall–Kier alpha value is -1.42. The fraction of sp³-hybridized carbons (Fsp3) is 0.600. The van der Waals surface area contributed by atoms with Crippen LogP contribution < -0.4 is 10.2 Å². The topological polar surface area (TPSA) is 41.1 Å². The Morgan fingerprint density at radius 1 is 1.37 bits per heavy atom. The van der Waals surface area contributed by atoms with Crippen LogP contribution in [0.4, 0.5) is 5.95 Å². The minimum atomic E-state index is 0.731. The maximum absolute atomic E-state index is 4.67. The van der Waals surface area contributed by atoms with Crippen LogP contribution in [0.5, 0.6) is 0 Å². The molecule has 19 heavy (non-hydrogen) atoms. The van der Waals surface area contributed by atoms with Gasteiger partial charge in [-0.3, -0.25) is 0 Å². The molecule has 0 amide bonds. The van der Waals surface area contributed by atoms with E-state index >= 15 is 0 Å². The second-order valence-electron chi connectivity index (χ2n) is 5.68. The third-order valence-corrected chi connectivity index (χ3v) is 3.95. The lowest BCUT2D eigenvalue weighted by Gasteiger charge is -2.25. The molecule has 2 aliphatic rings. The number of hydrogen-bond donors (Lipinski definition) is 1. The average Bonchev–Trinajstić information content (AvgIpc) is 3.22. The van der Waals surface area contributed by atoms with Crippen LogP contribution >= 0.6 is 0 Å². The molecular weight excluding hydrogens is 236 g/mol. The summed E-state index contributed by atoms with van der Waals surface area (Å²) in [5.74, 6) is 0.872. The highest BCUT2D eigenvalue weighted by Gasteiger charge is 2.20. The third-order valence-electron chi connectivity index (χ3n) is 3.95. The number of anilines is 1. The van der Waals surface area contributed by atoms with E-state index in [1.165, 1.54) is 24.0 Å². The molecule has 1 fully saturated rings. The van der Waals surface area contributed by atoms with E-state index in [0.717, 1.165) is 43.7 Å². The smallest absolute Gasteiger partial charge is 0.225 e. The monoisotopic (exact) mass is 258 g/mol. The Balaban J connectivity index is 1.67. The molecule has 0 aromatic carbocycles. The van der Waals surface area contributed by atoms with Gasteiger partial charge in [0.05, 0.1) is 0 Å². The molecule has 1 aliphatic carbocycles. The van der Waals surface area contributed by atoms with Crippen molar-refractivity contribution >= 4 is 5.95 Å². The molecule has 0 saturated heterocycles. The zero-order valence-electron chi connectivity index (χ0n) is 11.8. The summed E-state index contributed by atoms with van der Waals surface area (Å²) in [6.07, 6.45) is 8.01. The predicted octanol–water partition coefficient (Wildman–Crippen LogP) is 2.19. The van der Waals surface area contributed by atoms with E-state index in [9.17, 15) is 0 Å². The fourth-order valence-corrected chi connectivity index (χ4v) is 2.30. The second kappa shape index (κ2) is 5.29. The van der Waals surface area contributed by atoms with E-state index < -0.39 is 0 Å². The number of hydrogen-bond acceptors (Lipinski definition) is 4. The van der Waals surface area contributed by atoms with E-state index in [-0.39, 0.29) is 0 Å². The molecular formula is C15H22N4. The summed E-state index contributed by atoms with van der Waals surface area (Å²) >= 11 is 0. The van der Waals surface area contributed by atoms with Crippen molar-refractivity contribution in [3.05, 3.63) is 29.1 Å². The minimum Gasteiger partial charge on any atom is -0.337 e. The summed E-state index contributed by atoms with van der Waals surface area (Å²) in [6.45, 7) is 7.14. The van der Waals surface area contributed by atoms with Crippen LogP contribution in [0.3, 0.4) is 0 Å². The molecule has 1 aromatic rings. The molecule has 1 aliphatic heterocycles. The van der Waals surface area contributed by atoms with Crippen LogP contribution in [-0.2, 0) is 6.54 Å². The predicted molar refractivity (Wildman–Crippen MR) is 77.2 cm³/mol. The molecule has 4 heteroatoms. The highest BCUT2D eigenvalue weighted by molar-refractivity contribution is 5.36. The van der Waals surface area contributed by atoms with Gasteiger partial charge in [0.25, 0.3) is 0 Å². The summed E-state index contributed by atoms with van der Waals surface area (Å²) in [5.41, 5.74) is 3.79. The number of rotatable bonds is 4. The normalized spacial score (nSPS) is 19.5. The van der Waals surface area contributed by atoms with E-state index in [4.69, 9.17) is 0 Å². The molecule has 3 rings (SSSR count). The highest BCUT2D eigenvalue weighted by atomic mass is 15.2. The summed E-state index contributed by atoms with van der Waals surface area (Å²) in [4.78, 5) is 11.4. The number of nitrogens with one attached hydrogen (secondary N) is 1. The maximum atomic E-state index is 4.67. The fourth-order valence-electron chi connectivity index (χ4n) is 2.30. The van der Waals surface area contributed by atoms with Crippen LogP contribution in [0.15, 0.2) is 17.8 Å². The van der Waals surface area contributed by atoms with Gasteiger partial charge in [-0.25, -0.2) is 9.97 Å². The van der Waals surface area contributed by atoms with Crippen molar-refractivity contribution in [1.82, 2.24) is 15.3 Å². The molecule has 0 unspecified atom stereocenters. The Labute approximate surface area is 114 Å². The first kappa shape index (κ1) is 12.6. The third kappa shape index (κ3) is 3.13. The second-order valence-corrected chi connectivity index (χ2v) is 5.68. The zero-order chi connectivity index (χ0) is 13.2. The Morgan fingerprint density at radius 2 is 2.21 bits per heavy atom. The lowest BCUT2D eigenvalue weighted by Crippen LogP contribution is -2.30. The first-order valence-electron chi connectivity index (χ1n) is 7.19. The van der Waals surface area contributed by atoms with Crippen molar-refractivity contribution < 1.29 is 0 Å². The van der Waals surface area contributed by atoms with Gasteiger partial charge in [0.2, 0.25) is 5.95 Å². The molecule has 0 radical (unpaired) electrons. The van der Waals surface area contributed by atoms with Crippen LogP contribution in [-0.4, -0.2) is 29.1 Å². The molecule has 1 N–H and O–H groups in total. The molecule has 0 spiro atoms. The minimum absolute atomic E-state index is 0.731. The first-order valence-corrected chi connectivity index (χ1v) is 7.19. The SMILES string of the molecule is CC1=CCN(c2ncc(CNC3CC3)c(C)n2)CC1. The van der Waals surface area contributed by atoms with Gasteiger partial charge < -0.3 is 10.2 Å². The number of aryl methyl sites for hydroxylation is 1. The van der Waals surface area contributed by atoms with Crippen molar-refractivity contribution in [2.24, 2.45) is 0 Å².